The largest absolute Gasteiger partial charge is 0.134 e. The summed E-state index contributed by atoms with van der Waals surface area (Å²) in [6.07, 6.45) is 0. The van der Waals surface area contributed by atoms with E-state index in [1.54, 1.807) is 0 Å². The zero-order valence-corrected chi connectivity index (χ0v) is 16.9. The molecule has 26 heavy (non-hydrogen) atoms. The van der Waals surface area contributed by atoms with E-state index in [2.05, 4.69) is 114 Å². The molecule has 0 aliphatic rings. The first-order valence-electron chi connectivity index (χ1n) is 8.57. The first kappa shape index (κ1) is 16.0. The molecule has 0 fully saturated rings. The van der Waals surface area contributed by atoms with Crippen LogP contribution in [0.3, 0.4) is 0 Å². The van der Waals surface area contributed by atoms with E-state index in [9.17, 15) is 0 Å². The number of fused-ring (bicyclic) bond motifs is 3. The van der Waals surface area contributed by atoms with Crippen molar-refractivity contribution in [3.63, 3.8) is 0 Å². The molecule has 0 nitrogen and oxygen atoms in total. The molecule has 0 amide bonds. The topological polar surface area (TPSA) is 0 Å². The molecule has 1 aromatic heterocycles. The fourth-order valence-electron chi connectivity index (χ4n) is 3.52. The highest BCUT2D eigenvalue weighted by molar-refractivity contribution is 14.1. The summed E-state index contributed by atoms with van der Waals surface area (Å²) in [5, 5.41) is 2.69. The van der Waals surface area contributed by atoms with Crippen molar-refractivity contribution < 1.29 is 0 Å². The molecule has 5 rings (SSSR count). The SMILES string of the molecule is Ic1ccc(-c2cccc3c2sc2c(-c4ccccc4)cccc23)cc1. The van der Waals surface area contributed by atoms with Gasteiger partial charge in [0, 0.05) is 23.7 Å². The van der Waals surface area contributed by atoms with Gasteiger partial charge in [0.15, 0.2) is 0 Å². The Bertz CT molecular complexity index is 1220. The van der Waals surface area contributed by atoms with E-state index in [0.717, 1.165) is 0 Å². The van der Waals surface area contributed by atoms with Gasteiger partial charge >= 0.3 is 0 Å². The van der Waals surface area contributed by atoms with Crippen LogP contribution in [0.2, 0.25) is 0 Å². The summed E-state index contributed by atoms with van der Waals surface area (Å²) in [7, 11) is 0. The van der Waals surface area contributed by atoms with Gasteiger partial charge in [-0.1, -0.05) is 78.9 Å². The Morgan fingerprint density at radius 3 is 1.62 bits per heavy atom. The van der Waals surface area contributed by atoms with Crippen molar-refractivity contribution >= 4 is 54.1 Å². The maximum Gasteiger partial charge on any atom is 0.0434 e. The third kappa shape index (κ3) is 2.65. The quantitative estimate of drug-likeness (QED) is 0.233. The Kier molecular flexibility index (Phi) is 4.03. The third-order valence-electron chi connectivity index (χ3n) is 4.76. The van der Waals surface area contributed by atoms with Crippen molar-refractivity contribution in [2.75, 3.05) is 0 Å². The molecule has 0 saturated carbocycles. The van der Waals surface area contributed by atoms with E-state index in [1.165, 1.54) is 46.0 Å². The predicted octanol–water partition coefficient (Wildman–Crippen LogP) is 7.99. The van der Waals surface area contributed by atoms with Gasteiger partial charge in [-0.25, -0.2) is 0 Å². The lowest BCUT2D eigenvalue weighted by Crippen LogP contribution is -1.78. The molecule has 0 unspecified atom stereocenters. The van der Waals surface area contributed by atoms with Crippen LogP contribution >= 0.6 is 33.9 Å². The highest BCUT2D eigenvalue weighted by atomic mass is 127. The van der Waals surface area contributed by atoms with Gasteiger partial charge in [-0.15, -0.1) is 11.3 Å². The van der Waals surface area contributed by atoms with Crippen LogP contribution in [-0.4, -0.2) is 0 Å². The maximum atomic E-state index is 2.36. The van der Waals surface area contributed by atoms with Gasteiger partial charge in [0.05, 0.1) is 0 Å². The summed E-state index contributed by atoms with van der Waals surface area (Å²) in [6, 6.07) is 32.8. The predicted molar refractivity (Wildman–Crippen MR) is 123 cm³/mol. The number of hydrogen-bond acceptors (Lipinski definition) is 1. The smallest absolute Gasteiger partial charge is 0.0434 e. The molecular weight excluding hydrogens is 447 g/mol. The molecule has 0 spiro atoms. The average molecular weight is 462 g/mol. The van der Waals surface area contributed by atoms with E-state index in [4.69, 9.17) is 0 Å². The minimum atomic E-state index is 1.27. The molecule has 1 heterocycles. The van der Waals surface area contributed by atoms with Gasteiger partial charge in [-0.2, -0.15) is 0 Å². The number of halogens is 1. The van der Waals surface area contributed by atoms with Crippen molar-refractivity contribution in [2.45, 2.75) is 0 Å². The van der Waals surface area contributed by atoms with Crippen LogP contribution in [0.4, 0.5) is 0 Å². The third-order valence-corrected chi connectivity index (χ3v) is 6.77. The van der Waals surface area contributed by atoms with Crippen LogP contribution in [0.25, 0.3) is 42.4 Å². The van der Waals surface area contributed by atoms with Crippen molar-refractivity contribution in [1.82, 2.24) is 0 Å². The van der Waals surface area contributed by atoms with Gasteiger partial charge in [-0.05, 0) is 57.0 Å². The minimum absolute atomic E-state index is 1.27. The van der Waals surface area contributed by atoms with Gasteiger partial charge in [0.2, 0.25) is 0 Å². The molecule has 2 heteroatoms. The zero-order chi connectivity index (χ0) is 17.5. The standard InChI is InChI=1S/C24H15IS/c25-18-14-12-17(13-15-18)20-9-5-11-22-21-10-4-8-19(23(21)26-24(20)22)16-6-2-1-3-7-16/h1-15H. The molecule has 0 bridgehead atoms. The summed E-state index contributed by atoms with van der Waals surface area (Å²) in [5.74, 6) is 0. The second kappa shape index (κ2) is 6.53. The van der Waals surface area contributed by atoms with E-state index in [0.29, 0.717) is 0 Å². The van der Waals surface area contributed by atoms with Crippen molar-refractivity contribution in [3.05, 3.63) is 94.6 Å². The van der Waals surface area contributed by atoms with Gasteiger partial charge < -0.3 is 0 Å². The molecule has 124 valence electrons. The highest BCUT2D eigenvalue weighted by Crippen LogP contribution is 2.43. The first-order valence-corrected chi connectivity index (χ1v) is 10.5. The molecule has 5 aromatic rings. The number of benzene rings is 4. The normalized spacial score (nSPS) is 11.3. The van der Waals surface area contributed by atoms with Crippen LogP contribution in [0.15, 0.2) is 91.0 Å². The van der Waals surface area contributed by atoms with Crippen molar-refractivity contribution in [3.8, 4) is 22.3 Å². The van der Waals surface area contributed by atoms with Crippen LogP contribution < -0.4 is 0 Å². The Labute approximate surface area is 170 Å². The van der Waals surface area contributed by atoms with Crippen LogP contribution in [0, 0.1) is 3.57 Å². The fourth-order valence-corrected chi connectivity index (χ4v) is 5.25. The molecule has 0 aliphatic carbocycles. The molecule has 0 atom stereocenters. The first-order chi connectivity index (χ1) is 12.8. The van der Waals surface area contributed by atoms with Crippen LogP contribution in [-0.2, 0) is 0 Å². The van der Waals surface area contributed by atoms with E-state index in [-0.39, 0.29) is 0 Å². The van der Waals surface area contributed by atoms with Gasteiger partial charge in [-0.3, -0.25) is 0 Å². The summed E-state index contributed by atoms with van der Waals surface area (Å²) >= 11 is 4.27. The van der Waals surface area contributed by atoms with E-state index >= 15 is 0 Å². The lowest BCUT2D eigenvalue weighted by atomic mass is 10.0. The van der Waals surface area contributed by atoms with E-state index in [1.807, 2.05) is 11.3 Å². The Hall–Kier alpha value is -2.17. The average Bonchev–Trinajstić information content (AvgIpc) is 3.08. The van der Waals surface area contributed by atoms with Gasteiger partial charge in [0.1, 0.15) is 0 Å². The molecule has 0 saturated heterocycles. The summed E-state index contributed by atoms with van der Waals surface area (Å²) < 4.78 is 4.00. The second-order valence-corrected chi connectivity index (χ2v) is 8.61. The molecule has 4 aromatic carbocycles. The Morgan fingerprint density at radius 2 is 1.04 bits per heavy atom. The van der Waals surface area contributed by atoms with Crippen LogP contribution in [0.5, 0.6) is 0 Å². The number of hydrogen-bond donors (Lipinski definition) is 0. The van der Waals surface area contributed by atoms with E-state index < -0.39 is 0 Å². The molecule has 0 N–H and O–H groups in total. The van der Waals surface area contributed by atoms with Crippen molar-refractivity contribution in [1.29, 1.82) is 0 Å². The lowest BCUT2D eigenvalue weighted by Gasteiger charge is -2.03. The highest BCUT2D eigenvalue weighted by Gasteiger charge is 2.13. The summed E-state index contributed by atoms with van der Waals surface area (Å²) in [4.78, 5) is 0. The lowest BCUT2D eigenvalue weighted by molar-refractivity contribution is 1.63. The fraction of sp³-hybridized carbons (Fsp3) is 0. The number of thiophene rings is 1. The summed E-state index contributed by atoms with van der Waals surface area (Å²) in [5.41, 5.74) is 5.20. The monoisotopic (exact) mass is 462 g/mol. The molecule has 0 radical (unpaired) electrons. The minimum Gasteiger partial charge on any atom is -0.134 e. The zero-order valence-electron chi connectivity index (χ0n) is 13.9. The second-order valence-electron chi connectivity index (χ2n) is 6.34. The van der Waals surface area contributed by atoms with Gasteiger partial charge in [0.25, 0.3) is 0 Å². The molecular formula is C24H15IS. The Morgan fingerprint density at radius 1 is 0.500 bits per heavy atom. The summed E-state index contributed by atoms with van der Waals surface area (Å²) in [6.45, 7) is 0. The van der Waals surface area contributed by atoms with Crippen molar-refractivity contribution in [2.24, 2.45) is 0 Å². The maximum absolute atomic E-state index is 2.36. The molecule has 0 aliphatic heterocycles. The van der Waals surface area contributed by atoms with Crippen LogP contribution in [0.1, 0.15) is 0 Å². The number of rotatable bonds is 2. The Balaban J connectivity index is 1.82.